The first-order valence-corrected chi connectivity index (χ1v) is 7.52. The van der Waals surface area contributed by atoms with Gasteiger partial charge in [0.05, 0.1) is 16.7 Å². The number of sulfonamides is 1. The van der Waals surface area contributed by atoms with E-state index < -0.39 is 28.4 Å². The highest BCUT2D eigenvalue weighted by Gasteiger charge is 2.15. The van der Waals surface area contributed by atoms with Crippen molar-refractivity contribution in [2.75, 3.05) is 11.9 Å². The largest absolute Gasteiger partial charge is 0.480 e. The van der Waals surface area contributed by atoms with Crippen molar-refractivity contribution >= 4 is 27.6 Å². The predicted molar refractivity (Wildman–Crippen MR) is 75.9 cm³/mol. The molecule has 0 aliphatic rings. The van der Waals surface area contributed by atoms with Gasteiger partial charge >= 0.3 is 5.97 Å². The maximum absolute atomic E-state index is 11.8. The first kappa shape index (κ1) is 15.7. The van der Waals surface area contributed by atoms with Gasteiger partial charge in [0, 0.05) is 5.69 Å². The number of carbonyl (C=O) groups is 2. The molecule has 0 unspecified atom stereocenters. The number of furan rings is 1. The molecule has 1 aromatic heterocycles. The van der Waals surface area contributed by atoms with Crippen molar-refractivity contribution in [3.05, 3.63) is 48.4 Å². The van der Waals surface area contributed by atoms with Crippen LogP contribution in [0.15, 0.2) is 52.2 Å². The van der Waals surface area contributed by atoms with Gasteiger partial charge in [0.25, 0.3) is 5.91 Å². The van der Waals surface area contributed by atoms with Crippen LogP contribution in [0.5, 0.6) is 0 Å². The van der Waals surface area contributed by atoms with E-state index in [0.717, 1.165) is 0 Å². The molecule has 0 fully saturated rings. The zero-order valence-corrected chi connectivity index (χ0v) is 12.0. The molecule has 8 nitrogen and oxygen atoms in total. The van der Waals surface area contributed by atoms with Crippen LogP contribution in [-0.2, 0) is 14.8 Å². The minimum atomic E-state index is -3.90. The summed E-state index contributed by atoms with van der Waals surface area (Å²) in [5.41, 5.74) is 0.725. The van der Waals surface area contributed by atoms with Gasteiger partial charge in [-0.15, -0.1) is 0 Å². The molecule has 0 radical (unpaired) electrons. The normalized spacial score (nSPS) is 11.1. The van der Waals surface area contributed by atoms with Crippen LogP contribution in [0.1, 0.15) is 10.4 Å². The lowest BCUT2D eigenvalue weighted by Gasteiger charge is -2.07. The van der Waals surface area contributed by atoms with Gasteiger partial charge < -0.3 is 14.8 Å². The number of rotatable bonds is 6. The molecule has 116 valence electrons. The van der Waals surface area contributed by atoms with E-state index in [-0.39, 0.29) is 4.90 Å². The second-order valence-electron chi connectivity index (χ2n) is 4.21. The Morgan fingerprint density at radius 2 is 1.82 bits per heavy atom. The molecule has 3 N–H and O–H groups in total. The molecule has 1 amide bonds. The zero-order valence-electron chi connectivity index (χ0n) is 11.1. The fourth-order valence-corrected chi connectivity index (χ4v) is 2.53. The Bertz CT molecular complexity index is 765. The summed E-state index contributed by atoms with van der Waals surface area (Å²) in [6, 6.07) is 6.80. The average molecular weight is 324 g/mol. The van der Waals surface area contributed by atoms with Crippen molar-refractivity contribution in [1.29, 1.82) is 0 Å². The van der Waals surface area contributed by atoms with Crippen molar-refractivity contribution in [3.63, 3.8) is 0 Å². The Hall–Kier alpha value is -2.65. The van der Waals surface area contributed by atoms with Crippen LogP contribution in [0.25, 0.3) is 0 Å². The minimum absolute atomic E-state index is 0.102. The second-order valence-corrected chi connectivity index (χ2v) is 5.98. The molecule has 22 heavy (non-hydrogen) atoms. The van der Waals surface area contributed by atoms with E-state index >= 15 is 0 Å². The standard InChI is InChI=1S/C13H12N2O6S/c16-12(17)7-14-22(19,20)11-3-1-10(2-4-11)15-13(18)9-5-6-21-8-9/h1-6,8,14H,7H2,(H,15,18)(H,16,17). The van der Waals surface area contributed by atoms with Crippen LogP contribution in [-0.4, -0.2) is 31.9 Å². The molecule has 0 aliphatic carbocycles. The molecule has 0 saturated carbocycles. The maximum atomic E-state index is 11.8. The van der Waals surface area contributed by atoms with Gasteiger partial charge in [-0.2, -0.15) is 4.72 Å². The van der Waals surface area contributed by atoms with Gasteiger partial charge in [0.15, 0.2) is 0 Å². The summed E-state index contributed by atoms with van der Waals surface area (Å²) in [5, 5.41) is 11.0. The van der Waals surface area contributed by atoms with E-state index in [2.05, 4.69) is 5.32 Å². The van der Waals surface area contributed by atoms with E-state index in [1.54, 1.807) is 0 Å². The smallest absolute Gasteiger partial charge is 0.318 e. The van der Waals surface area contributed by atoms with Crippen LogP contribution >= 0.6 is 0 Å². The quantitative estimate of drug-likeness (QED) is 0.724. The van der Waals surface area contributed by atoms with Gasteiger partial charge in [0.1, 0.15) is 12.8 Å². The number of aliphatic carboxylic acids is 1. The highest BCUT2D eigenvalue weighted by Crippen LogP contribution is 2.15. The third kappa shape index (κ3) is 3.93. The lowest BCUT2D eigenvalue weighted by molar-refractivity contribution is -0.135. The van der Waals surface area contributed by atoms with Crippen molar-refractivity contribution in [1.82, 2.24) is 4.72 Å². The SMILES string of the molecule is O=C(O)CNS(=O)(=O)c1ccc(NC(=O)c2ccoc2)cc1. The molecule has 0 spiro atoms. The summed E-state index contributed by atoms with van der Waals surface area (Å²) in [6.45, 7) is -0.707. The van der Waals surface area contributed by atoms with Crippen LogP contribution in [0.3, 0.4) is 0 Å². The first-order chi connectivity index (χ1) is 10.4. The Labute approximate surface area is 125 Å². The van der Waals surface area contributed by atoms with E-state index in [4.69, 9.17) is 9.52 Å². The predicted octanol–water partition coefficient (Wildman–Crippen LogP) is 0.895. The van der Waals surface area contributed by atoms with Gasteiger partial charge in [-0.25, -0.2) is 8.42 Å². The molecule has 9 heteroatoms. The van der Waals surface area contributed by atoms with Gasteiger partial charge in [-0.1, -0.05) is 0 Å². The van der Waals surface area contributed by atoms with E-state index in [9.17, 15) is 18.0 Å². The molecule has 0 atom stereocenters. The van der Waals surface area contributed by atoms with E-state index in [1.807, 2.05) is 4.72 Å². The molecule has 1 aromatic carbocycles. The topological polar surface area (TPSA) is 126 Å². The summed E-state index contributed by atoms with van der Waals surface area (Å²) in [4.78, 5) is 22.0. The highest BCUT2D eigenvalue weighted by atomic mass is 32.2. The van der Waals surface area contributed by atoms with E-state index in [0.29, 0.717) is 11.3 Å². The number of nitrogens with one attached hydrogen (secondary N) is 2. The molecule has 2 aromatic rings. The maximum Gasteiger partial charge on any atom is 0.318 e. The average Bonchev–Trinajstić information content (AvgIpc) is 3.00. The monoisotopic (exact) mass is 324 g/mol. The molecular weight excluding hydrogens is 312 g/mol. The summed E-state index contributed by atoms with van der Waals surface area (Å²) in [5.74, 6) is -1.68. The number of hydrogen-bond acceptors (Lipinski definition) is 5. The number of carboxylic acid groups (broad SMARTS) is 1. The number of carboxylic acids is 1. The number of carbonyl (C=O) groups excluding carboxylic acids is 1. The van der Waals surface area contributed by atoms with E-state index in [1.165, 1.54) is 42.9 Å². The number of hydrogen-bond donors (Lipinski definition) is 3. The summed E-state index contributed by atoms with van der Waals surface area (Å²) in [7, 11) is -3.90. The molecular formula is C13H12N2O6S. The van der Waals surface area contributed by atoms with Crippen molar-refractivity contribution in [2.24, 2.45) is 0 Å². The number of amides is 1. The second kappa shape index (κ2) is 6.41. The van der Waals surface area contributed by atoms with Crippen LogP contribution in [0.2, 0.25) is 0 Å². The Kier molecular flexibility index (Phi) is 4.59. The molecule has 2 rings (SSSR count). The number of benzene rings is 1. The Balaban J connectivity index is 2.07. The van der Waals surface area contributed by atoms with Crippen LogP contribution < -0.4 is 10.0 Å². The summed E-state index contributed by atoms with van der Waals surface area (Å²) in [6.07, 6.45) is 2.64. The van der Waals surface area contributed by atoms with Gasteiger partial charge in [-0.3, -0.25) is 9.59 Å². The van der Waals surface area contributed by atoms with Crippen molar-refractivity contribution in [2.45, 2.75) is 4.90 Å². The lowest BCUT2D eigenvalue weighted by Crippen LogP contribution is -2.29. The third-order valence-corrected chi connectivity index (χ3v) is 4.04. The number of anilines is 1. The fourth-order valence-electron chi connectivity index (χ4n) is 1.55. The minimum Gasteiger partial charge on any atom is -0.480 e. The molecule has 1 heterocycles. The van der Waals surface area contributed by atoms with Crippen LogP contribution in [0, 0.1) is 0 Å². The Morgan fingerprint density at radius 1 is 1.14 bits per heavy atom. The molecule has 0 saturated heterocycles. The van der Waals surface area contributed by atoms with Crippen molar-refractivity contribution < 1.29 is 27.5 Å². The fraction of sp³-hybridized carbons (Fsp3) is 0.0769. The van der Waals surface area contributed by atoms with Gasteiger partial charge in [0.2, 0.25) is 10.0 Å². The highest BCUT2D eigenvalue weighted by molar-refractivity contribution is 7.89. The van der Waals surface area contributed by atoms with Crippen LogP contribution in [0.4, 0.5) is 5.69 Å². The molecule has 0 bridgehead atoms. The third-order valence-electron chi connectivity index (χ3n) is 2.62. The first-order valence-electron chi connectivity index (χ1n) is 6.03. The lowest BCUT2D eigenvalue weighted by atomic mass is 10.3. The summed E-state index contributed by atoms with van der Waals surface area (Å²) < 4.78 is 30.3. The zero-order chi connectivity index (χ0) is 16.2. The summed E-state index contributed by atoms with van der Waals surface area (Å²) >= 11 is 0. The van der Waals surface area contributed by atoms with Crippen molar-refractivity contribution in [3.8, 4) is 0 Å². The van der Waals surface area contributed by atoms with Gasteiger partial charge in [-0.05, 0) is 30.3 Å². The Morgan fingerprint density at radius 3 is 2.36 bits per heavy atom. The molecule has 0 aliphatic heterocycles.